The smallest absolute Gasteiger partial charge is 0.404 e. The maximum Gasteiger partial charge on any atom is 0.524 e. The van der Waals surface area contributed by atoms with Crippen LogP contribution in [0.25, 0.3) is 11.1 Å². The molecule has 0 saturated heterocycles. The number of phosphoric ester groups is 1. The molecule has 0 bridgehead atoms. The van der Waals surface area contributed by atoms with Crippen LogP contribution in [-0.4, -0.2) is 9.79 Å². The summed E-state index contributed by atoms with van der Waals surface area (Å²) in [5.41, 5.74) is 5.99. The van der Waals surface area contributed by atoms with E-state index in [1.54, 1.807) is 6.07 Å². The third kappa shape index (κ3) is 5.26. The molecule has 2 unspecified atom stereocenters. The Hall–Kier alpha value is -3.17. The van der Waals surface area contributed by atoms with E-state index in [0.29, 0.717) is 0 Å². The first-order valence-corrected chi connectivity index (χ1v) is 12.5. The highest BCUT2D eigenvalue weighted by Crippen LogP contribution is 2.48. The van der Waals surface area contributed by atoms with Crippen LogP contribution in [0.2, 0.25) is 0 Å². The predicted octanol–water partition coefficient (Wildman–Crippen LogP) is 7.13. The van der Waals surface area contributed by atoms with Crippen molar-refractivity contribution in [3.63, 3.8) is 0 Å². The minimum Gasteiger partial charge on any atom is -0.404 e. The first kappa shape index (κ1) is 23.0. The second-order valence-corrected chi connectivity index (χ2v) is 9.31. The molecule has 0 aliphatic carbocycles. The standard InChI is InChI=1S/C28H27O4P/c1-20(22-12-6-3-7-13-22)27-25(24-16-10-5-11-17-24)18-19-26(32-33(29,30)31)28(27)21(2)23-14-8-4-9-15-23/h3-21H,1-2H3,(H2,29,30,31). The summed E-state index contributed by atoms with van der Waals surface area (Å²) in [4.78, 5) is 19.3. The molecule has 4 aromatic rings. The van der Waals surface area contributed by atoms with Crippen molar-refractivity contribution < 1.29 is 18.9 Å². The molecule has 0 spiro atoms. The summed E-state index contributed by atoms with van der Waals surface area (Å²) in [5, 5.41) is 0. The van der Waals surface area contributed by atoms with Crippen LogP contribution in [0.4, 0.5) is 0 Å². The van der Waals surface area contributed by atoms with Gasteiger partial charge in [0.15, 0.2) is 0 Å². The van der Waals surface area contributed by atoms with Gasteiger partial charge in [0.05, 0.1) is 0 Å². The van der Waals surface area contributed by atoms with E-state index in [4.69, 9.17) is 4.52 Å². The van der Waals surface area contributed by atoms with Gasteiger partial charge in [0.1, 0.15) is 5.75 Å². The second kappa shape index (κ2) is 9.76. The van der Waals surface area contributed by atoms with Crippen molar-refractivity contribution in [2.45, 2.75) is 25.7 Å². The van der Waals surface area contributed by atoms with E-state index in [1.165, 1.54) is 0 Å². The maximum absolute atomic E-state index is 11.9. The van der Waals surface area contributed by atoms with E-state index in [2.05, 4.69) is 31.2 Å². The van der Waals surface area contributed by atoms with E-state index >= 15 is 0 Å². The summed E-state index contributed by atoms with van der Waals surface area (Å²) >= 11 is 0. The SMILES string of the molecule is CC(c1ccccc1)c1c(OP(=O)(O)O)ccc(-c2ccccc2)c1C(C)c1ccccc1. The molecular formula is C28H27O4P. The van der Waals surface area contributed by atoms with E-state index in [9.17, 15) is 14.4 Å². The number of benzene rings is 4. The van der Waals surface area contributed by atoms with Crippen molar-refractivity contribution in [2.75, 3.05) is 0 Å². The average molecular weight is 458 g/mol. The third-order valence-electron chi connectivity index (χ3n) is 6.01. The van der Waals surface area contributed by atoms with Crippen molar-refractivity contribution in [3.8, 4) is 16.9 Å². The van der Waals surface area contributed by atoms with Crippen LogP contribution >= 0.6 is 7.82 Å². The molecule has 4 aromatic carbocycles. The minimum absolute atomic E-state index is 0.0390. The predicted molar refractivity (Wildman–Crippen MR) is 132 cm³/mol. The maximum atomic E-state index is 11.9. The van der Waals surface area contributed by atoms with Gasteiger partial charge in [-0.05, 0) is 33.9 Å². The summed E-state index contributed by atoms with van der Waals surface area (Å²) in [6.07, 6.45) is 0. The van der Waals surface area contributed by atoms with Crippen LogP contribution in [0.15, 0.2) is 103 Å². The Morgan fingerprint density at radius 2 is 1.09 bits per heavy atom. The van der Waals surface area contributed by atoms with Gasteiger partial charge in [0.2, 0.25) is 0 Å². The van der Waals surface area contributed by atoms with Gasteiger partial charge in [0, 0.05) is 17.4 Å². The molecule has 0 fully saturated rings. The highest BCUT2D eigenvalue weighted by atomic mass is 31.2. The first-order chi connectivity index (χ1) is 15.8. The third-order valence-corrected chi connectivity index (χ3v) is 6.45. The molecule has 0 aliphatic heterocycles. The topological polar surface area (TPSA) is 66.8 Å². The van der Waals surface area contributed by atoms with Crippen molar-refractivity contribution >= 4 is 7.82 Å². The summed E-state index contributed by atoms with van der Waals surface area (Å²) in [5.74, 6) is 0.0117. The van der Waals surface area contributed by atoms with Crippen LogP contribution in [0.1, 0.15) is 47.9 Å². The number of hydrogen-bond acceptors (Lipinski definition) is 2. The van der Waals surface area contributed by atoms with E-state index < -0.39 is 7.82 Å². The Bertz CT molecular complexity index is 1250. The molecule has 0 amide bonds. The Morgan fingerprint density at radius 3 is 1.58 bits per heavy atom. The minimum atomic E-state index is -4.75. The van der Waals surface area contributed by atoms with Crippen molar-refractivity contribution in [2.24, 2.45) is 0 Å². The lowest BCUT2D eigenvalue weighted by atomic mass is 9.78. The highest BCUT2D eigenvalue weighted by Gasteiger charge is 2.28. The molecule has 0 heterocycles. The largest absolute Gasteiger partial charge is 0.524 e. The van der Waals surface area contributed by atoms with Gasteiger partial charge in [0.25, 0.3) is 0 Å². The molecule has 0 aliphatic rings. The van der Waals surface area contributed by atoms with Gasteiger partial charge in [-0.3, -0.25) is 9.79 Å². The van der Waals surface area contributed by atoms with E-state index in [1.807, 2.05) is 79.7 Å². The number of hydrogen-bond donors (Lipinski definition) is 2. The summed E-state index contributed by atoms with van der Waals surface area (Å²) < 4.78 is 17.1. The molecule has 5 heteroatoms. The van der Waals surface area contributed by atoms with E-state index in [-0.39, 0.29) is 17.6 Å². The average Bonchev–Trinajstić information content (AvgIpc) is 2.83. The molecule has 33 heavy (non-hydrogen) atoms. The lowest BCUT2D eigenvalue weighted by Gasteiger charge is -2.27. The fourth-order valence-corrected chi connectivity index (χ4v) is 4.84. The lowest BCUT2D eigenvalue weighted by molar-refractivity contribution is 0.282. The number of phosphoric acid groups is 1. The van der Waals surface area contributed by atoms with Gasteiger partial charge in [-0.1, -0.05) is 111 Å². The Labute approximate surface area is 194 Å². The summed E-state index contributed by atoms with van der Waals surface area (Å²) in [7, 11) is -4.75. The van der Waals surface area contributed by atoms with Gasteiger partial charge in [-0.25, -0.2) is 4.57 Å². The van der Waals surface area contributed by atoms with Gasteiger partial charge in [-0.2, -0.15) is 0 Å². The van der Waals surface area contributed by atoms with Crippen LogP contribution in [-0.2, 0) is 4.57 Å². The molecule has 2 N–H and O–H groups in total. The van der Waals surface area contributed by atoms with Crippen LogP contribution in [0.5, 0.6) is 5.75 Å². The lowest BCUT2D eigenvalue weighted by Crippen LogP contribution is -2.10. The molecule has 0 saturated carbocycles. The molecule has 2 atom stereocenters. The summed E-state index contributed by atoms with van der Waals surface area (Å²) in [6.45, 7) is 4.17. The Kier molecular flexibility index (Phi) is 6.80. The normalized spacial score (nSPS) is 13.3. The Balaban J connectivity index is 2.03. The zero-order valence-corrected chi connectivity index (χ0v) is 19.5. The van der Waals surface area contributed by atoms with Gasteiger partial charge < -0.3 is 4.52 Å². The zero-order valence-electron chi connectivity index (χ0n) is 18.6. The molecule has 4 rings (SSSR count). The van der Waals surface area contributed by atoms with Gasteiger partial charge in [-0.15, -0.1) is 0 Å². The van der Waals surface area contributed by atoms with E-state index in [0.717, 1.165) is 33.4 Å². The van der Waals surface area contributed by atoms with Crippen molar-refractivity contribution in [1.82, 2.24) is 0 Å². The second-order valence-electron chi connectivity index (χ2n) is 8.15. The zero-order chi connectivity index (χ0) is 23.4. The van der Waals surface area contributed by atoms with Crippen LogP contribution in [0, 0.1) is 0 Å². The fraction of sp³-hybridized carbons (Fsp3) is 0.143. The molecule has 168 valence electrons. The molecule has 4 nitrogen and oxygen atoms in total. The van der Waals surface area contributed by atoms with Crippen LogP contribution in [0.3, 0.4) is 0 Å². The van der Waals surface area contributed by atoms with Crippen molar-refractivity contribution in [3.05, 3.63) is 125 Å². The monoisotopic (exact) mass is 458 g/mol. The summed E-state index contributed by atoms with van der Waals surface area (Å²) in [6, 6.07) is 33.7. The quantitative estimate of drug-likeness (QED) is 0.289. The Morgan fingerprint density at radius 1 is 0.636 bits per heavy atom. The number of rotatable bonds is 7. The van der Waals surface area contributed by atoms with Crippen LogP contribution < -0.4 is 4.52 Å². The molecule has 0 aromatic heterocycles. The fourth-order valence-electron chi connectivity index (χ4n) is 4.42. The van der Waals surface area contributed by atoms with Crippen molar-refractivity contribution in [1.29, 1.82) is 0 Å². The molecular weight excluding hydrogens is 431 g/mol. The first-order valence-electron chi connectivity index (χ1n) is 10.9. The molecule has 0 radical (unpaired) electrons. The van der Waals surface area contributed by atoms with Gasteiger partial charge >= 0.3 is 7.82 Å². The highest BCUT2D eigenvalue weighted by molar-refractivity contribution is 7.46.